The molecule has 0 bridgehead atoms. The summed E-state index contributed by atoms with van der Waals surface area (Å²) in [5.41, 5.74) is 2.55. The second kappa shape index (κ2) is 7.73. The van der Waals surface area contributed by atoms with Crippen molar-refractivity contribution in [2.45, 2.75) is 25.4 Å². The van der Waals surface area contributed by atoms with Crippen molar-refractivity contribution < 1.29 is 0 Å². The lowest BCUT2D eigenvalue weighted by Gasteiger charge is -2.36. The molecule has 1 unspecified atom stereocenters. The van der Waals surface area contributed by atoms with Gasteiger partial charge in [0.25, 0.3) is 0 Å². The third-order valence-electron chi connectivity index (χ3n) is 5.21. The molecule has 25 heavy (non-hydrogen) atoms. The molecule has 3 heterocycles. The predicted octanol–water partition coefficient (Wildman–Crippen LogP) is 3.48. The molecule has 0 spiro atoms. The van der Waals surface area contributed by atoms with Crippen molar-refractivity contribution in [3.63, 3.8) is 0 Å². The van der Waals surface area contributed by atoms with Crippen LogP contribution in [0.4, 0.5) is 5.82 Å². The molecule has 2 saturated heterocycles. The van der Waals surface area contributed by atoms with Crippen LogP contribution in [0.3, 0.4) is 0 Å². The molecule has 132 valence electrons. The predicted molar refractivity (Wildman–Crippen MR) is 103 cm³/mol. The fraction of sp³-hybridized carbons (Fsp3) is 0.450. The van der Waals surface area contributed by atoms with Crippen molar-refractivity contribution >= 4 is 17.4 Å². The summed E-state index contributed by atoms with van der Waals surface area (Å²) in [5, 5.41) is 4.31. The summed E-state index contributed by atoms with van der Waals surface area (Å²) in [5.74, 6) is 1.12. The second-order valence-corrected chi connectivity index (χ2v) is 7.40. The maximum absolute atomic E-state index is 6.20. The van der Waals surface area contributed by atoms with Crippen LogP contribution in [-0.2, 0) is 6.54 Å². The van der Waals surface area contributed by atoms with E-state index in [1.165, 1.54) is 24.0 Å². The lowest BCUT2D eigenvalue weighted by atomic mass is 10.0. The largest absolute Gasteiger partial charge is 0.357 e. The molecule has 0 amide bonds. The Balaban J connectivity index is 1.47. The summed E-state index contributed by atoms with van der Waals surface area (Å²) in [6, 6.07) is 13.0. The number of nitrogens with zero attached hydrogens (tertiary/aromatic N) is 3. The van der Waals surface area contributed by atoms with E-state index in [-0.39, 0.29) is 0 Å². The zero-order chi connectivity index (χ0) is 17.1. The van der Waals surface area contributed by atoms with E-state index in [0.717, 1.165) is 50.1 Å². The summed E-state index contributed by atoms with van der Waals surface area (Å²) in [7, 11) is 0. The third-order valence-corrected chi connectivity index (χ3v) is 5.45. The van der Waals surface area contributed by atoms with Gasteiger partial charge in [-0.3, -0.25) is 4.90 Å². The van der Waals surface area contributed by atoms with Gasteiger partial charge < -0.3 is 10.2 Å². The van der Waals surface area contributed by atoms with Crippen LogP contribution in [0.1, 0.15) is 30.0 Å². The Labute approximate surface area is 154 Å². The average Bonchev–Trinajstić information content (AvgIpc) is 3.18. The Morgan fingerprint density at radius 1 is 1.12 bits per heavy atom. The topological polar surface area (TPSA) is 31.4 Å². The van der Waals surface area contributed by atoms with E-state index in [9.17, 15) is 0 Å². The minimum absolute atomic E-state index is 0.353. The molecule has 1 N–H and O–H groups in total. The summed E-state index contributed by atoms with van der Waals surface area (Å²) >= 11 is 6.20. The van der Waals surface area contributed by atoms with Gasteiger partial charge in [-0.1, -0.05) is 29.8 Å². The van der Waals surface area contributed by atoms with Gasteiger partial charge in [-0.05, 0) is 42.2 Å². The first-order chi connectivity index (χ1) is 12.3. The van der Waals surface area contributed by atoms with Gasteiger partial charge in [-0.2, -0.15) is 0 Å². The maximum Gasteiger partial charge on any atom is 0.128 e. The molecule has 4 nitrogen and oxygen atoms in total. The minimum Gasteiger partial charge on any atom is -0.357 e. The van der Waals surface area contributed by atoms with E-state index in [4.69, 9.17) is 16.6 Å². The molecule has 2 aliphatic heterocycles. The Hall–Kier alpha value is -1.62. The van der Waals surface area contributed by atoms with Gasteiger partial charge in [0.05, 0.1) is 0 Å². The molecular weight excluding hydrogens is 332 g/mol. The Morgan fingerprint density at radius 2 is 2.00 bits per heavy atom. The first-order valence-electron chi connectivity index (χ1n) is 9.20. The molecule has 5 heteroatoms. The van der Waals surface area contributed by atoms with Crippen molar-refractivity contribution in [2.75, 3.05) is 37.6 Å². The van der Waals surface area contributed by atoms with E-state index in [1.54, 1.807) is 0 Å². The molecule has 2 fully saturated rings. The first kappa shape index (κ1) is 16.8. The lowest BCUT2D eigenvalue weighted by Crippen LogP contribution is -2.45. The van der Waals surface area contributed by atoms with E-state index >= 15 is 0 Å². The fourth-order valence-electron chi connectivity index (χ4n) is 3.86. The summed E-state index contributed by atoms with van der Waals surface area (Å²) in [6.07, 6.45) is 4.61. The molecule has 4 rings (SSSR count). The van der Waals surface area contributed by atoms with Crippen molar-refractivity contribution in [3.05, 3.63) is 58.7 Å². The SMILES string of the molecule is Clc1cccc(C2CNCCN2Cc2ccc(N3CCCC3)nc2)c1. The quantitative estimate of drug-likeness (QED) is 0.908. The highest BCUT2D eigenvalue weighted by atomic mass is 35.5. The van der Waals surface area contributed by atoms with Gasteiger partial charge in [-0.15, -0.1) is 0 Å². The molecule has 2 aliphatic rings. The fourth-order valence-corrected chi connectivity index (χ4v) is 4.05. The molecule has 0 radical (unpaired) electrons. The third kappa shape index (κ3) is 3.97. The number of piperazine rings is 1. The highest BCUT2D eigenvalue weighted by Gasteiger charge is 2.24. The number of nitrogens with one attached hydrogen (secondary N) is 1. The summed E-state index contributed by atoms with van der Waals surface area (Å²) in [6.45, 7) is 6.22. The van der Waals surface area contributed by atoms with Crippen molar-refractivity contribution in [3.8, 4) is 0 Å². The van der Waals surface area contributed by atoms with E-state index in [1.807, 2.05) is 18.3 Å². The smallest absolute Gasteiger partial charge is 0.128 e. The Kier molecular flexibility index (Phi) is 5.20. The number of benzene rings is 1. The maximum atomic E-state index is 6.20. The molecule has 1 aromatic carbocycles. The standard InChI is InChI=1S/C20H25ClN4/c21-18-5-3-4-17(12-18)19-14-22-8-11-25(19)15-16-6-7-20(23-13-16)24-9-1-2-10-24/h3-7,12-13,19,22H,1-2,8-11,14-15H2. The molecule has 0 aliphatic carbocycles. The van der Waals surface area contributed by atoms with Crippen molar-refractivity contribution in [2.24, 2.45) is 0 Å². The molecule has 1 atom stereocenters. The van der Waals surface area contributed by atoms with E-state index < -0.39 is 0 Å². The Bertz CT molecular complexity index is 697. The van der Waals surface area contributed by atoms with Crippen LogP contribution in [0.15, 0.2) is 42.6 Å². The number of anilines is 1. The van der Waals surface area contributed by atoms with Gasteiger partial charge in [0.15, 0.2) is 0 Å². The van der Waals surface area contributed by atoms with E-state index in [2.05, 4.69) is 39.4 Å². The number of pyridine rings is 1. The number of halogens is 1. The molecule has 1 aromatic heterocycles. The van der Waals surface area contributed by atoms with Gasteiger partial charge >= 0.3 is 0 Å². The van der Waals surface area contributed by atoms with Crippen LogP contribution in [0.2, 0.25) is 5.02 Å². The monoisotopic (exact) mass is 356 g/mol. The number of hydrogen-bond acceptors (Lipinski definition) is 4. The number of rotatable bonds is 4. The van der Waals surface area contributed by atoms with Crippen LogP contribution in [-0.4, -0.2) is 42.6 Å². The highest BCUT2D eigenvalue weighted by Crippen LogP contribution is 2.26. The van der Waals surface area contributed by atoms with Crippen molar-refractivity contribution in [1.29, 1.82) is 0 Å². The normalized spacial score (nSPS) is 21.6. The van der Waals surface area contributed by atoms with E-state index in [0.29, 0.717) is 6.04 Å². The van der Waals surface area contributed by atoms with Gasteiger partial charge in [0.1, 0.15) is 5.82 Å². The zero-order valence-corrected chi connectivity index (χ0v) is 15.3. The molecule has 0 saturated carbocycles. The lowest BCUT2D eigenvalue weighted by molar-refractivity contribution is 0.153. The molecular formula is C20H25ClN4. The van der Waals surface area contributed by atoms with Crippen LogP contribution >= 0.6 is 11.6 Å². The average molecular weight is 357 g/mol. The van der Waals surface area contributed by atoms with Gasteiger partial charge in [-0.25, -0.2) is 4.98 Å². The van der Waals surface area contributed by atoms with Gasteiger partial charge in [0, 0.05) is 56.5 Å². The first-order valence-corrected chi connectivity index (χ1v) is 9.57. The Morgan fingerprint density at radius 3 is 2.76 bits per heavy atom. The van der Waals surface area contributed by atoms with Crippen LogP contribution in [0, 0.1) is 0 Å². The highest BCUT2D eigenvalue weighted by molar-refractivity contribution is 6.30. The van der Waals surface area contributed by atoms with Crippen LogP contribution in [0.25, 0.3) is 0 Å². The zero-order valence-electron chi connectivity index (χ0n) is 14.5. The van der Waals surface area contributed by atoms with Crippen LogP contribution in [0.5, 0.6) is 0 Å². The number of aromatic nitrogens is 1. The van der Waals surface area contributed by atoms with Crippen LogP contribution < -0.4 is 10.2 Å². The molecule has 2 aromatic rings. The number of hydrogen-bond donors (Lipinski definition) is 1. The minimum atomic E-state index is 0.353. The summed E-state index contributed by atoms with van der Waals surface area (Å²) < 4.78 is 0. The summed E-state index contributed by atoms with van der Waals surface area (Å²) in [4.78, 5) is 9.60. The second-order valence-electron chi connectivity index (χ2n) is 6.96. The van der Waals surface area contributed by atoms with Gasteiger partial charge in [0.2, 0.25) is 0 Å². The van der Waals surface area contributed by atoms with Crippen molar-refractivity contribution in [1.82, 2.24) is 15.2 Å².